The molecule has 33 heavy (non-hydrogen) atoms. The van der Waals surface area contributed by atoms with Gasteiger partial charge in [0.1, 0.15) is 16.4 Å². The molecule has 0 bridgehead atoms. The first-order valence-corrected chi connectivity index (χ1v) is 11.8. The van der Waals surface area contributed by atoms with E-state index in [0.29, 0.717) is 22.2 Å². The Morgan fingerprint density at radius 2 is 1.64 bits per heavy atom. The first kappa shape index (κ1) is 22.8. The summed E-state index contributed by atoms with van der Waals surface area (Å²) in [6.45, 7) is 0.649. The summed E-state index contributed by atoms with van der Waals surface area (Å²) in [5, 5.41) is 0.681. The Morgan fingerprint density at radius 1 is 0.939 bits per heavy atom. The summed E-state index contributed by atoms with van der Waals surface area (Å²) < 4.78 is 39.8. The molecular formula is C23H25N3O6S. The maximum Gasteiger partial charge on any atom is 0.254 e. The van der Waals surface area contributed by atoms with Crippen LogP contribution in [0, 0.1) is 0 Å². The van der Waals surface area contributed by atoms with Crippen LogP contribution < -0.4 is 15.0 Å². The first-order chi connectivity index (χ1) is 15.8. The Kier molecular flexibility index (Phi) is 6.13. The molecule has 1 aliphatic heterocycles. The molecule has 0 saturated carbocycles. The number of nitrogens with zero attached hydrogens (tertiary/aromatic N) is 3. The molecule has 0 N–H and O–H groups in total. The van der Waals surface area contributed by atoms with Gasteiger partial charge in [-0.05, 0) is 18.2 Å². The summed E-state index contributed by atoms with van der Waals surface area (Å²) in [6, 6.07) is 13.2. The highest BCUT2D eigenvalue weighted by molar-refractivity contribution is 7.89. The van der Waals surface area contributed by atoms with Gasteiger partial charge in [-0.25, -0.2) is 8.42 Å². The number of pyridine rings is 1. The van der Waals surface area contributed by atoms with Gasteiger partial charge in [0.25, 0.3) is 11.5 Å². The summed E-state index contributed by atoms with van der Waals surface area (Å²) in [5.74, 6) is 0.335. The van der Waals surface area contributed by atoms with Gasteiger partial charge in [-0.2, -0.15) is 4.31 Å². The fourth-order valence-corrected chi connectivity index (χ4v) is 5.61. The van der Waals surface area contributed by atoms with Crippen LogP contribution in [-0.2, 0) is 17.1 Å². The number of carbonyl (C=O) groups excluding carboxylic acids is 1. The van der Waals surface area contributed by atoms with Gasteiger partial charge < -0.3 is 18.9 Å². The normalized spacial score (nSPS) is 14.9. The smallest absolute Gasteiger partial charge is 0.254 e. The van der Waals surface area contributed by atoms with E-state index < -0.39 is 10.0 Å². The minimum atomic E-state index is -3.86. The number of sulfonamides is 1. The lowest BCUT2D eigenvalue weighted by Crippen LogP contribution is -2.50. The molecular weight excluding hydrogens is 446 g/mol. The number of benzene rings is 2. The lowest BCUT2D eigenvalue weighted by Gasteiger charge is -2.34. The standard InChI is InChI=1S/C23H25N3O6S/c1-24-19-7-5-4-6-17(19)18(15-22(24)27)23(28)25-10-12-26(13-11-25)33(29,30)21-14-16(31-2)8-9-20(21)32-3/h4-9,14-15H,10-13H2,1-3H3. The number of piperazine rings is 1. The van der Waals surface area contributed by atoms with Crippen molar-refractivity contribution in [1.29, 1.82) is 0 Å². The Hall–Kier alpha value is -3.37. The van der Waals surface area contributed by atoms with E-state index in [1.165, 1.54) is 35.2 Å². The average molecular weight is 472 g/mol. The molecule has 2 aromatic carbocycles. The number of fused-ring (bicyclic) bond motifs is 1. The van der Waals surface area contributed by atoms with Gasteiger partial charge in [-0.1, -0.05) is 18.2 Å². The van der Waals surface area contributed by atoms with Crippen molar-refractivity contribution in [3.63, 3.8) is 0 Å². The zero-order valence-electron chi connectivity index (χ0n) is 18.6. The maximum atomic E-state index is 13.3. The van der Waals surface area contributed by atoms with Crippen LogP contribution in [0.25, 0.3) is 10.9 Å². The number of amides is 1. The summed E-state index contributed by atoms with van der Waals surface area (Å²) in [6.07, 6.45) is 0. The molecule has 1 saturated heterocycles. The monoisotopic (exact) mass is 471 g/mol. The van der Waals surface area contributed by atoms with E-state index in [-0.39, 0.29) is 48.3 Å². The average Bonchev–Trinajstić information content (AvgIpc) is 2.85. The quantitative estimate of drug-likeness (QED) is 0.562. The third-order valence-electron chi connectivity index (χ3n) is 5.90. The number of ether oxygens (including phenoxy) is 2. The van der Waals surface area contributed by atoms with Crippen molar-refractivity contribution in [3.05, 3.63) is 64.4 Å². The van der Waals surface area contributed by atoms with Crippen molar-refractivity contribution in [2.75, 3.05) is 40.4 Å². The van der Waals surface area contributed by atoms with Crippen molar-refractivity contribution in [2.45, 2.75) is 4.90 Å². The Labute approximate surface area is 191 Å². The zero-order chi connectivity index (χ0) is 23.8. The minimum Gasteiger partial charge on any atom is -0.497 e. The zero-order valence-corrected chi connectivity index (χ0v) is 19.5. The van der Waals surface area contributed by atoms with Gasteiger partial charge in [-0.15, -0.1) is 0 Å². The summed E-state index contributed by atoms with van der Waals surface area (Å²) in [7, 11) is 0.671. The third-order valence-corrected chi connectivity index (χ3v) is 7.82. The van der Waals surface area contributed by atoms with Crippen LogP contribution in [0.2, 0.25) is 0 Å². The van der Waals surface area contributed by atoms with E-state index in [0.717, 1.165) is 0 Å². The molecule has 3 aromatic rings. The summed E-state index contributed by atoms with van der Waals surface area (Å²) in [4.78, 5) is 27.2. The molecule has 1 aliphatic rings. The molecule has 10 heteroatoms. The molecule has 9 nitrogen and oxygen atoms in total. The van der Waals surface area contributed by atoms with Crippen molar-refractivity contribution in [3.8, 4) is 11.5 Å². The Bertz CT molecular complexity index is 1370. The highest BCUT2D eigenvalue weighted by atomic mass is 32.2. The number of hydrogen-bond acceptors (Lipinski definition) is 6. The van der Waals surface area contributed by atoms with Crippen LogP contribution in [-0.4, -0.2) is 68.5 Å². The fourth-order valence-electron chi connectivity index (χ4n) is 4.01. The van der Waals surface area contributed by atoms with Gasteiger partial charge >= 0.3 is 0 Å². The molecule has 1 aromatic heterocycles. The predicted octanol–water partition coefficient (Wildman–Crippen LogP) is 1.70. The number of aryl methyl sites for hydroxylation is 1. The summed E-state index contributed by atoms with van der Waals surface area (Å²) in [5.41, 5.74) is 0.711. The number of carbonyl (C=O) groups is 1. The molecule has 0 spiro atoms. The molecule has 174 valence electrons. The second-order valence-electron chi connectivity index (χ2n) is 7.69. The van der Waals surface area contributed by atoms with Gasteiger partial charge in [0.05, 0.1) is 25.3 Å². The largest absolute Gasteiger partial charge is 0.497 e. The highest BCUT2D eigenvalue weighted by Gasteiger charge is 2.33. The molecule has 0 aliphatic carbocycles. The lowest BCUT2D eigenvalue weighted by molar-refractivity contribution is 0.0699. The second-order valence-corrected chi connectivity index (χ2v) is 9.59. The SMILES string of the molecule is COc1ccc(OC)c(S(=O)(=O)N2CCN(C(=O)c3cc(=O)n(C)c4ccccc34)CC2)c1. The van der Waals surface area contributed by atoms with Crippen molar-refractivity contribution < 1.29 is 22.7 Å². The molecule has 0 unspecified atom stereocenters. The molecule has 4 rings (SSSR count). The van der Waals surface area contributed by atoms with E-state index in [4.69, 9.17) is 9.47 Å². The van der Waals surface area contributed by atoms with Crippen LogP contribution in [0.1, 0.15) is 10.4 Å². The molecule has 0 atom stereocenters. The summed E-state index contributed by atoms with van der Waals surface area (Å²) >= 11 is 0. The van der Waals surface area contributed by atoms with E-state index in [1.807, 2.05) is 12.1 Å². The van der Waals surface area contributed by atoms with Gasteiger partial charge in [0.2, 0.25) is 10.0 Å². The predicted molar refractivity (Wildman–Crippen MR) is 123 cm³/mol. The maximum absolute atomic E-state index is 13.3. The molecule has 1 amide bonds. The first-order valence-electron chi connectivity index (χ1n) is 10.4. The van der Waals surface area contributed by atoms with Crippen molar-refractivity contribution in [1.82, 2.24) is 13.8 Å². The number of hydrogen-bond donors (Lipinski definition) is 0. The highest BCUT2D eigenvalue weighted by Crippen LogP contribution is 2.31. The lowest BCUT2D eigenvalue weighted by atomic mass is 10.1. The Morgan fingerprint density at radius 3 is 2.30 bits per heavy atom. The van der Waals surface area contributed by atoms with E-state index in [9.17, 15) is 18.0 Å². The number of methoxy groups -OCH3 is 2. The van der Waals surface area contributed by atoms with Gasteiger partial charge in [0.15, 0.2) is 0 Å². The van der Waals surface area contributed by atoms with Gasteiger partial charge in [-0.3, -0.25) is 9.59 Å². The van der Waals surface area contributed by atoms with Crippen molar-refractivity contribution >= 4 is 26.8 Å². The van der Waals surface area contributed by atoms with Gasteiger partial charge in [0, 0.05) is 50.7 Å². The Balaban J connectivity index is 1.58. The van der Waals surface area contributed by atoms with Crippen LogP contribution >= 0.6 is 0 Å². The van der Waals surface area contributed by atoms with Crippen LogP contribution in [0.15, 0.2) is 58.2 Å². The van der Waals surface area contributed by atoms with Crippen LogP contribution in [0.3, 0.4) is 0 Å². The molecule has 0 radical (unpaired) electrons. The second kappa shape index (κ2) is 8.87. The van der Waals surface area contributed by atoms with Crippen molar-refractivity contribution in [2.24, 2.45) is 7.05 Å². The van der Waals surface area contributed by atoms with E-state index in [2.05, 4.69) is 0 Å². The number of rotatable bonds is 5. The minimum absolute atomic E-state index is 0.0154. The molecule has 2 heterocycles. The van der Waals surface area contributed by atoms with E-state index in [1.54, 1.807) is 36.2 Å². The van der Waals surface area contributed by atoms with Crippen LogP contribution in [0.4, 0.5) is 0 Å². The number of aromatic nitrogens is 1. The van der Waals surface area contributed by atoms with Crippen LogP contribution in [0.5, 0.6) is 11.5 Å². The fraction of sp³-hybridized carbons (Fsp3) is 0.304. The third kappa shape index (κ3) is 4.07. The topological polar surface area (TPSA) is 98.2 Å². The van der Waals surface area contributed by atoms with E-state index >= 15 is 0 Å². The number of para-hydroxylation sites is 1. The molecule has 1 fully saturated rings.